The SMILES string of the molecule is Cc1ccc(-c2n[nH]c(=S)n2CC(=O)N(C)Cc2nc(C)c3ccccc3n2)cc1. The summed E-state index contributed by atoms with van der Waals surface area (Å²) in [5, 5.41) is 8.12. The van der Waals surface area contributed by atoms with E-state index in [4.69, 9.17) is 12.2 Å². The van der Waals surface area contributed by atoms with Crippen molar-refractivity contribution in [2.45, 2.75) is 26.9 Å². The number of aryl methyl sites for hydroxylation is 2. The lowest BCUT2D eigenvalue weighted by atomic mass is 10.1. The van der Waals surface area contributed by atoms with Gasteiger partial charge in [-0.1, -0.05) is 48.0 Å². The number of aromatic nitrogens is 5. The molecule has 2 aromatic carbocycles. The molecular formula is C22H22N6OS. The second-order valence-corrected chi connectivity index (χ2v) is 7.68. The third-order valence-corrected chi connectivity index (χ3v) is 5.32. The number of likely N-dealkylation sites (N-methyl/N-ethyl adjacent to an activating group) is 1. The molecule has 0 aliphatic heterocycles. The van der Waals surface area contributed by atoms with Crippen LogP contribution in [0.3, 0.4) is 0 Å². The Labute approximate surface area is 179 Å². The zero-order chi connectivity index (χ0) is 21.3. The van der Waals surface area contributed by atoms with Crippen molar-refractivity contribution in [3.8, 4) is 11.4 Å². The first kappa shape index (κ1) is 19.9. The number of benzene rings is 2. The molecule has 8 heteroatoms. The van der Waals surface area contributed by atoms with E-state index in [1.807, 2.05) is 62.4 Å². The van der Waals surface area contributed by atoms with Gasteiger partial charge in [0.05, 0.1) is 12.1 Å². The van der Waals surface area contributed by atoms with E-state index in [-0.39, 0.29) is 12.5 Å². The number of hydrogen-bond acceptors (Lipinski definition) is 5. The normalized spacial score (nSPS) is 11.0. The van der Waals surface area contributed by atoms with Crippen LogP contribution in [0.1, 0.15) is 17.1 Å². The van der Waals surface area contributed by atoms with Crippen LogP contribution >= 0.6 is 12.2 Å². The average molecular weight is 419 g/mol. The van der Waals surface area contributed by atoms with Crippen LogP contribution in [0.2, 0.25) is 0 Å². The van der Waals surface area contributed by atoms with Gasteiger partial charge in [-0.25, -0.2) is 9.97 Å². The first-order chi connectivity index (χ1) is 14.4. The van der Waals surface area contributed by atoms with Crippen molar-refractivity contribution in [1.29, 1.82) is 0 Å². The maximum absolute atomic E-state index is 12.9. The first-order valence-corrected chi connectivity index (χ1v) is 10.0. The molecule has 1 N–H and O–H groups in total. The number of H-pyrrole nitrogens is 1. The highest BCUT2D eigenvalue weighted by molar-refractivity contribution is 7.71. The molecular weight excluding hydrogens is 396 g/mol. The van der Waals surface area contributed by atoms with Gasteiger partial charge in [0, 0.05) is 23.7 Å². The fourth-order valence-corrected chi connectivity index (χ4v) is 3.51. The number of amides is 1. The molecule has 0 unspecified atom stereocenters. The molecule has 0 radical (unpaired) electrons. The van der Waals surface area contributed by atoms with Gasteiger partial charge in [-0.15, -0.1) is 0 Å². The van der Waals surface area contributed by atoms with Crippen LogP contribution in [-0.4, -0.2) is 42.6 Å². The summed E-state index contributed by atoms with van der Waals surface area (Å²) in [6.07, 6.45) is 0. The second kappa shape index (κ2) is 8.16. The molecule has 0 spiro atoms. The van der Waals surface area contributed by atoms with Gasteiger partial charge < -0.3 is 4.90 Å². The molecule has 0 atom stereocenters. The molecule has 0 saturated carbocycles. The molecule has 0 aliphatic rings. The van der Waals surface area contributed by atoms with Crippen molar-refractivity contribution in [3.63, 3.8) is 0 Å². The minimum Gasteiger partial charge on any atom is -0.337 e. The van der Waals surface area contributed by atoms with E-state index < -0.39 is 0 Å². The van der Waals surface area contributed by atoms with E-state index in [1.54, 1.807) is 16.5 Å². The number of carbonyl (C=O) groups is 1. The van der Waals surface area contributed by atoms with Crippen molar-refractivity contribution in [1.82, 2.24) is 29.6 Å². The van der Waals surface area contributed by atoms with Gasteiger partial charge in [-0.2, -0.15) is 5.10 Å². The molecule has 30 heavy (non-hydrogen) atoms. The molecule has 4 aromatic rings. The van der Waals surface area contributed by atoms with E-state index in [0.717, 1.165) is 27.7 Å². The number of fused-ring (bicyclic) bond motifs is 1. The summed E-state index contributed by atoms with van der Waals surface area (Å²) in [5.74, 6) is 1.14. The van der Waals surface area contributed by atoms with Gasteiger partial charge >= 0.3 is 0 Å². The number of hydrogen-bond donors (Lipinski definition) is 1. The number of nitrogens with zero attached hydrogens (tertiary/aromatic N) is 5. The Hall–Kier alpha value is -3.39. The van der Waals surface area contributed by atoms with Crippen molar-refractivity contribution in [2.75, 3.05) is 7.05 Å². The maximum Gasteiger partial charge on any atom is 0.242 e. The van der Waals surface area contributed by atoms with Gasteiger partial charge in [0.2, 0.25) is 5.91 Å². The van der Waals surface area contributed by atoms with Crippen LogP contribution in [0, 0.1) is 18.6 Å². The summed E-state index contributed by atoms with van der Waals surface area (Å²) in [7, 11) is 1.74. The van der Waals surface area contributed by atoms with Gasteiger partial charge in [-0.05, 0) is 32.1 Å². The van der Waals surface area contributed by atoms with Crippen LogP contribution in [0.4, 0.5) is 0 Å². The van der Waals surface area contributed by atoms with E-state index in [9.17, 15) is 4.79 Å². The third kappa shape index (κ3) is 3.99. The maximum atomic E-state index is 12.9. The van der Waals surface area contributed by atoms with E-state index in [2.05, 4.69) is 20.2 Å². The van der Waals surface area contributed by atoms with Gasteiger partial charge in [0.1, 0.15) is 12.4 Å². The number of para-hydroxylation sites is 1. The molecule has 2 heterocycles. The summed E-state index contributed by atoms with van der Waals surface area (Å²) < 4.78 is 2.12. The predicted molar refractivity (Wildman–Crippen MR) is 118 cm³/mol. The molecule has 0 saturated heterocycles. The standard InChI is InChI=1S/C22H22N6OS/c1-14-8-10-16(11-9-14)21-25-26-22(30)28(21)13-20(29)27(3)12-19-23-15(2)17-6-4-5-7-18(17)24-19/h4-11H,12-13H2,1-3H3,(H,26,30). The van der Waals surface area contributed by atoms with Crippen LogP contribution in [-0.2, 0) is 17.9 Å². The Morgan fingerprint density at radius 2 is 1.83 bits per heavy atom. The van der Waals surface area contributed by atoms with E-state index in [0.29, 0.717) is 23.0 Å². The topological polar surface area (TPSA) is 79.7 Å². The van der Waals surface area contributed by atoms with Crippen LogP contribution < -0.4 is 0 Å². The zero-order valence-corrected chi connectivity index (χ0v) is 17.9. The van der Waals surface area contributed by atoms with Crippen molar-refractivity contribution in [2.24, 2.45) is 0 Å². The van der Waals surface area contributed by atoms with Gasteiger partial charge in [0.25, 0.3) is 0 Å². The zero-order valence-electron chi connectivity index (χ0n) is 17.1. The number of carbonyl (C=O) groups excluding carboxylic acids is 1. The summed E-state index contributed by atoms with van der Waals surface area (Å²) in [6.45, 7) is 4.38. The van der Waals surface area contributed by atoms with Crippen molar-refractivity contribution in [3.05, 3.63) is 70.4 Å². The lowest BCUT2D eigenvalue weighted by Crippen LogP contribution is -2.30. The Bertz CT molecular complexity index is 1280. The molecule has 0 aliphatic carbocycles. The third-order valence-electron chi connectivity index (χ3n) is 5.01. The van der Waals surface area contributed by atoms with Crippen LogP contribution in [0.25, 0.3) is 22.3 Å². The molecule has 152 valence electrons. The summed E-state index contributed by atoms with van der Waals surface area (Å²) >= 11 is 5.35. The molecule has 7 nitrogen and oxygen atoms in total. The van der Waals surface area contributed by atoms with Crippen molar-refractivity contribution < 1.29 is 4.79 Å². The smallest absolute Gasteiger partial charge is 0.242 e. The Morgan fingerprint density at radius 3 is 2.60 bits per heavy atom. The molecule has 1 amide bonds. The highest BCUT2D eigenvalue weighted by Crippen LogP contribution is 2.19. The quantitative estimate of drug-likeness (QED) is 0.498. The number of nitrogens with one attached hydrogen (secondary N) is 1. The fourth-order valence-electron chi connectivity index (χ4n) is 3.31. The fraction of sp³-hybridized carbons (Fsp3) is 0.227. The molecule has 2 aromatic heterocycles. The lowest BCUT2D eigenvalue weighted by molar-refractivity contribution is -0.131. The number of rotatable bonds is 5. The highest BCUT2D eigenvalue weighted by Gasteiger charge is 2.17. The largest absolute Gasteiger partial charge is 0.337 e. The summed E-state index contributed by atoms with van der Waals surface area (Å²) in [5.41, 5.74) is 3.83. The number of aromatic amines is 1. The molecule has 0 bridgehead atoms. The monoisotopic (exact) mass is 418 g/mol. The Balaban J connectivity index is 1.54. The summed E-state index contributed by atoms with van der Waals surface area (Å²) in [4.78, 5) is 23.7. The van der Waals surface area contributed by atoms with Crippen LogP contribution in [0.5, 0.6) is 0 Å². The molecule has 4 rings (SSSR count). The predicted octanol–water partition coefficient (Wildman–Crippen LogP) is 3.83. The Morgan fingerprint density at radius 1 is 1.10 bits per heavy atom. The van der Waals surface area contributed by atoms with Crippen molar-refractivity contribution >= 4 is 29.0 Å². The minimum atomic E-state index is -0.102. The summed E-state index contributed by atoms with van der Waals surface area (Å²) in [6, 6.07) is 15.8. The lowest BCUT2D eigenvalue weighted by Gasteiger charge is -2.18. The minimum absolute atomic E-state index is 0.0849. The first-order valence-electron chi connectivity index (χ1n) is 9.61. The van der Waals surface area contributed by atoms with E-state index >= 15 is 0 Å². The highest BCUT2D eigenvalue weighted by atomic mass is 32.1. The second-order valence-electron chi connectivity index (χ2n) is 7.30. The average Bonchev–Trinajstić information content (AvgIpc) is 3.09. The van der Waals surface area contributed by atoms with Crippen LogP contribution in [0.15, 0.2) is 48.5 Å². The van der Waals surface area contributed by atoms with E-state index in [1.165, 1.54) is 0 Å². The van der Waals surface area contributed by atoms with Gasteiger partial charge in [0.15, 0.2) is 10.6 Å². The Kier molecular flexibility index (Phi) is 5.41. The molecule has 0 fully saturated rings. The van der Waals surface area contributed by atoms with Gasteiger partial charge in [-0.3, -0.25) is 14.5 Å².